The fourth-order valence-corrected chi connectivity index (χ4v) is 2.37. The van der Waals surface area contributed by atoms with Crippen LogP contribution in [0, 0.1) is 5.82 Å². The van der Waals surface area contributed by atoms with Gasteiger partial charge in [0.05, 0.1) is 5.69 Å². The maximum atomic E-state index is 13.4. The number of hydrogen-bond acceptors (Lipinski definition) is 3. The Labute approximate surface area is 124 Å². The lowest BCUT2D eigenvalue weighted by molar-refractivity contribution is 0.627. The van der Waals surface area contributed by atoms with E-state index in [1.165, 1.54) is 18.9 Å². The Morgan fingerprint density at radius 2 is 2.05 bits per heavy atom. The van der Waals surface area contributed by atoms with E-state index < -0.39 is 0 Å². The SMILES string of the molecule is CCN(c1cccc(F)c1)c1cccc(CNC2CC2)n1. The first-order valence-electron chi connectivity index (χ1n) is 7.48. The van der Waals surface area contributed by atoms with Crippen LogP contribution < -0.4 is 10.2 Å². The molecular weight excluding hydrogens is 265 g/mol. The molecule has 3 rings (SSSR count). The number of nitrogens with zero attached hydrogens (tertiary/aromatic N) is 2. The van der Waals surface area contributed by atoms with Crippen LogP contribution in [0.1, 0.15) is 25.5 Å². The second-order valence-corrected chi connectivity index (χ2v) is 5.37. The zero-order valence-electron chi connectivity index (χ0n) is 12.2. The molecule has 0 amide bonds. The molecule has 1 saturated carbocycles. The minimum atomic E-state index is -0.225. The van der Waals surface area contributed by atoms with Gasteiger partial charge in [-0.2, -0.15) is 0 Å². The van der Waals surface area contributed by atoms with E-state index >= 15 is 0 Å². The first-order valence-corrected chi connectivity index (χ1v) is 7.48. The van der Waals surface area contributed by atoms with Gasteiger partial charge in [0.2, 0.25) is 0 Å². The molecule has 1 aliphatic rings. The van der Waals surface area contributed by atoms with Crippen molar-refractivity contribution in [3.63, 3.8) is 0 Å². The fourth-order valence-electron chi connectivity index (χ4n) is 2.37. The topological polar surface area (TPSA) is 28.2 Å². The van der Waals surface area contributed by atoms with Crippen LogP contribution >= 0.6 is 0 Å². The monoisotopic (exact) mass is 285 g/mol. The average Bonchev–Trinajstić information content (AvgIpc) is 3.31. The molecule has 1 aromatic carbocycles. The maximum absolute atomic E-state index is 13.4. The summed E-state index contributed by atoms with van der Waals surface area (Å²) in [6.07, 6.45) is 2.54. The van der Waals surface area contributed by atoms with Crippen LogP contribution in [0.5, 0.6) is 0 Å². The quantitative estimate of drug-likeness (QED) is 0.878. The van der Waals surface area contributed by atoms with Crippen molar-refractivity contribution < 1.29 is 4.39 Å². The smallest absolute Gasteiger partial charge is 0.133 e. The molecule has 0 spiro atoms. The number of rotatable bonds is 6. The van der Waals surface area contributed by atoms with Gasteiger partial charge >= 0.3 is 0 Å². The number of halogens is 1. The summed E-state index contributed by atoms with van der Waals surface area (Å²) in [5, 5.41) is 3.46. The van der Waals surface area contributed by atoms with E-state index in [9.17, 15) is 4.39 Å². The van der Waals surface area contributed by atoms with Crippen molar-refractivity contribution in [2.45, 2.75) is 32.4 Å². The molecule has 0 bridgehead atoms. The first kappa shape index (κ1) is 14.0. The molecule has 0 aliphatic heterocycles. The van der Waals surface area contributed by atoms with Gasteiger partial charge in [-0.3, -0.25) is 0 Å². The standard InChI is InChI=1S/C17H20FN3/c1-2-21(16-7-3-5-13(18)11-16)17-8-4-6-15(20-17)12-19-14-9-10-14/h3-8,11,14,19H,2,9-10,12H2,1H3. The van der Waals surface area contributed by atoms with Gasteiger partial charge in [0.15, 0.2) is 0 Å². The van der Waals surface area contributed by atoms with Crippen LogP contribution in [-0.2, 0) is 6.54 Å². The lowest BCUT2D eigenvalue weighted by Gasteiger charge is -2.22. The van der Waals surface area contributed by atoms with Crippen LogP contribution in [0.3, 0.4) is 0 Å². The summed E-state index contributed by atoms with van der Waals surface area (Å²) in [5.74, 6) is 0.635. The normalized spacial score (nSPS) is 14.2. The summed E-state index contributed by atoms with van der Waals surface area (Å²) < 4.78 is 13.4. The third kappa shape index (κ3) is 3.58. The minimum Gasteiger partial charge on any atom is -0.327 e. The van der Waals surface area contributed by atoms with Crippen molar-refractivity contribution in [1.82, 2.24) is 10.3 Å². The average molecular weight is 285 g/mol. The van der Waals surface area contributed by atoms with Gasteiger partial charge in [0.1, 0.15) is 11.6 Å². The van der Waals surface area contributed by atoms with E-state index in [0.717, 1.165) is 30.3 Å². The molecule has 0 saturated heterocycles. The predicted octanol–water partition coefficient (Wildman–Crippen LogP) is 3.63. The molecule has 1 heterocycles. The molecule has 1 N–H and O–H groups in total. The van der Waals surface area contributed by atoms with Gasteiger partial charge in [-0.1, -0.05) is 12.1 Å². The Morgan fingerprint density at radius 3 is 2.76 bits per heavy atom. The van der Waals surface area contributed by atoms with E-state index in [1.807, 2.05) is 36.1 Å². The number of pyridine rings is 1. The molecule has 1 fully saturated rings. The number of hydrogen-bond donors (Lipinski definition) is 1. The van der Waals surface area contributed by atoms with Crippen LogP contribution in [0.2, 0.25) is 0 Å². The molecule has 0 unspecified atom stereocenters. The Bertz CT molecular complexity index is 610. The van der Waals surface area contributed by atoms with Crippen molar-refractivity contribution in [3.8, 4) is 0 Å². The fraction of sp³-hybridized carbons (Fsp3) is 0.353. The molecule has 2 aromatic rings. The van der Waals surface area contributed by atoms with E-state index in [0.29, 0.717) is 6.04 Å². The van der Waals surface area contributed by atoms with Gasteiger partial charge in [0, 0.05) is 24.8 Å². The summed E-state index contributed by atoms with van der Waals surface area (Å²) in [6.45, 7) is 3.58. The second-order valence-electron chi connectivity index (χ2n) is 5.37. The van der Waals surface area contributed by atoms with Crippen molar-refractivity contribution in [2.75, 3.05) is 11.4 Å². The molecule has 4 heteroatoms. The van der Waals surface area contributed by atoms with Crippen LogP contribution in [0.4, 0.5) is 15.9 Å². The van der Waals surface area contributed by atoms with E-state index in [4.69, 9.17) is 4.98 Å². The number of anilines is 2. The number of nitrogens with one attached hydrogen (secondary N) is 1. The Balaban J connectivity index is 1.80. The zero-order chi connectivity index (χ0) is 14.7. The predicted molar refractivity (Wildman–Crippen MR) is 83.2 cm³/mol. The Kier molecular flexibility index (Phi) is 4.15. The lowest BCUT2D eigenvalue weighted by Crippen LogP contribution is -2.20. The number of aromatic nitrogens is 1. The van der Waals surface area contributed by atoms with Crippen LogP contribution in [0.15, 0.2) is 42.5 Å². The van der Waals surface area contributed by atoms with Gasteiger partial charge in [-0.15, -0.1) is 0 Å². The summed E-state index contributed by atoms with van der Waals surface area (Å²) in [4.78, 5) is 6.71. The summed E-state index contributed by atoms with van der Waals surface area (Å²) in [7, 11) is 0. The highest BCUT2D eigenvalue weighted by atomic mass is 19.1. The van der Waals surface area contributed by atoms with Crippen LogP contribution in [0.25, 0.3) is 0 Å². The van der Waals surface area contributed by atoms with Crippen molar-refractivity contribution in [3.05, 3.63) is 54.0 Å². The van der Waals surface area contributed by atoms with Crippen molar-refractivity contribution in [1.29, 1.82) is 0 Å². The molecule has 0 radical (unpaired) electrons. The van der Waals surface area contributed by atoms with Crippen LogP contribution in [-0.4, -0.2) is 17.6 Å². The van der Waals surface area contributed by atoms with E-state index in [-0.39, 0.29) is 5.82 Å². The molecule has 110 valence electrons. The highest BCUT2D eigenvalue weighted by Crippen LogP contribution is 2.24. The summed E-state index contributed by atoms with van der Waals surface area (Å²) in [6, 6.07) is 13.3. The minimum absolute atomic E-state index is 0.225. The molecule has 21 heavy (non-hydrogen) atoms. The molecular formula is C17H20FN3. The summed E-state index contributed by atoms with van der Waals surface area (Å²) in [5.41, 5.74) is 1.85. The summed E-state index contributed by atoms with van der Waals surface area (Å²) >= 11 is 0. The number of benzene rings is 1. The lowest BCUT2D eigenvalue weighted by atomic mass is 10.2. The molecule has 3 nitrogen and oxygen atoms in total. The van der Waals surface area contributed by atoms with E-state index in [1.54, 1.807) is 12.1 Å². The van der Waals surface area contributed by atoms with Crippen molar-refractivity contribution in [2.24, 2.45) is 0 Å². The molecule has 1 aromatic heterocycles. The molecule has 0 atom stereocenters. The highest BCUT2D eigenvalue weighted by molar-refractivity contribution is 5.59. The van der Waals surface area contributed by atoms with Gasteiger partial charge < -0.3 is 10.2 Å². The zero-order valence-corrected chi connectivity index (χ0v) is 12.2. The largest absolute Gasteiger partial charge is 0.327 e. The maximum Gasteiger partial charge on any atom is 0.133 e. The molecule has 1 aliphatic carbocycles. The van der Waals surface area contributed by atoms with Gasteiger partial charge in [-0.25, -0.2) is 9.37 Å². The Hall–Kier alpha value is -1.94. The van der Waals surface area contributed by atoms with Crippen molar-refractivity contribution >= 4 is 11.5 Å². The second kappa shape index (κ2) is 6.22. The first-order chi connectivity index (χ1) is 10.3. The van der Waals surface area contributed by atoms with Gasteiger partial charge in [0.25, 0.3) is 0 Å². The highest BCUT2D eigenvalue weighted by Gasteiger charge is 2.20. The Morgan fingerprint density at radius 1 is 1.24 bits per heavy atom. The third-order valence-electron chi connectivity index (χ3n) is 3.65. The third-order valence-corrected chi connectivity index (χ3v) is 3.65. The van der Waals surface area contributed by atoms with E-state index in [2.05, 4.69) is 5.32 Å². The van der Waals surface area contributed by atoms with Gasteiger partial charge in [-0.05, 0) is 50.1 Å².